The first-order valence-electron chi connectivity index (χ1n) is 6.96. The Kier molecular flexibility index (Phi) is 3.94. The summed E-state index contributed by atoms with van der Waals surface area (Å²) in [6.45, 7) is 1.81. The molecule has 6 heteroatoms. The maximum Gasteiger partial charge on any atom is 0.252 e. The highest BCUT2D eigenvalue weighted by Crippen LogP contribution is 2.33. The van der Waals surface area contributed by atoms with Crippen LogP contribution in [-0.4, -0.2) is 27.5 Å². The molecule has 0 aliphatic carbocycles. The van der Waals surface area contributed by atoms with Crippen LogP contribution >= 0.6 is 11.6 Å². The Morgan fingerprint density at radius 1 is 1.43 bits per heavy atom. The molecule has 3 N–H and O–H groups in total. The fraction of sp³-hybridized carbons (Fsp3) is 0.333. The van der Waals surface area contributed by atoms with Crippen molar-refractivity contribution < 1.29 is 4.79 Å². The molecule has 1 atom stereocenters. The third-order valence-electron chi connectivity index (χ3n) is 3.93. The van der Waals surface area contributed by atoms with Gasteiger partial charge in [0.1, 0.15) is 0 Å². The molecule has 110 valence electrons. The summed E-state index contributed by atoms with van der Waals surface area (Å²) in [6, 6.07) is 8.00. The van der Waals surface area contributed by atoms with Crippen molar-refractivity contribution in [3.8, 4) is 0 Å². The number of aromatic amines is 1. The summed E-state index contributed by atoms with van der Waals surface area (Å²) in [4.78, 5) is 13.8. The van der Waals surface area contributed by atoms with Gasteiger partial charge in [-0.15, -0.1) is 0 Å². The molecular weight excluding hydrogens is 288 g/mol. The van der Waals surface area contributed by atoms with Crippen LogP contribution in [-0.2, 0) is 6.54 Å². The number of likely N-dealkylation sites (tertiary alicyclic amines) is 1. The monoisotopic (exact) mass is 304 g/mol. The van der Waals surface area contributed by atoms with Gasteiger partial charge in [-0.2, -0.15) is 5.10 Å². The van der Waals surface area contributed by atoms with Gasteiger partial charge in [0, 0.05) is 11.6 Å². The lowest BCUT2D eigenvalue weighted by Crippen LogP contribution is -2.25. The summed E-state index contributed by atoms with van der Waals surface area (Å²) >= 11 is 5.92. The van der Waals surface area contributed by atoms with Gasteiger partial charge in [0.05, 0.1) is 23.5 Å². The molecular formula is C15H17ClN4O. The summed E-state index contributed by atoms with van der Waals surface area (Å²) in [5, 5.41) is 7.65. The zero-order chi connectivity index (χ0) is 14.8. The lowest BCUT2D eigenvalue weighted by atomic mass is 10.1. The van der Waals surface area contributed by atoms with E-state index in [-0.39, 0.29) is 6.04 Å². The van der Waals surface area contributed by atoms with Crippen molar-refractivity contribution in [3.63, 3.8) is 0 Å². The molecule has 2 heterocycles. The van der Waals surface area contributed by atoms with Crippen LogP contribution in [0.5, 0.6) is 0 Å². The first-order chi connectivity index (χ1) is 10.1. The molecule has 1 fully saturated rings. The molecule has 1 amide bonds. The van der Waals surface area contributed by atoms with Crippen molar-refractivity contribution >= 4 is 17.5 Å². The van der Waals surface area contributed by atoms with E-state index in [9.17, 15) is 4.79 Å². The average molecular weight is 305 g/mol. The van der Waals surface area contributed by atoms with E-state index >= 15 is 0 Å². The summed E-state index contributed by atoms with van der Waals surface area (Å²) in [5.41, 5.74) is 7.93. The minimum Gasteiger partial charge on any atom is -0.365 e. The number of aromatic nitrogens is 2. The number of nitrogens with one attached hydrogen (secondary N) is 1. The molecule has 0 unspecified atom stereocenters. The molecule has 1 aliphatic heterocycles. The number of hydrogen-bond acceptors (Lipinski definition) is 3. The first-order valence-corrected chi connectivity index (χ1v) is 7.34. The number of carbonyl (C=O) groups is 1. The quantitative estimate of drug-likeness (QED) is 0.911. The van der Waals surface area contributed by atoms with Gasteiger partial charge >= 0.3 is 0 Å². The lowest BCUT2D eigenvalue weighted by molar-refractivity contribution is 0.0997. The number of hydrogen-bond donors (Lipinski definition) is 2. The summed E-state index contributed by atoms with van der Waals surface area (Å²) in [7, 11) is 0. The molecule has 1 aliphatic rings. The summed E-state index contributed by atoms with van der Waals surface area (Å²) in [5.74, 6) is -0.433. The van der Waals surface area contributed by atoms with Gasteiger partial charge < -0.3 is 5.73 Å². The van der Waals surface area contributed by atoms with Crippen LogP contribution in [0, 0.1) is 0 Å². The molecule has 1 aromatic carbocycles. The molecule has 0 bridgehead atoms. The number of carbonyl (C=O) groups excluding carboxylic acids is 1. The Hall–Kier alpha value is -1.85. The van der Waals surface area contributed by atoms with Crippen LogP contribution in [0.2, 0.25) is 5.02 Å². The number of H-pyrrole nitrogens is 1. The van der Waals surface area contributed by atoms with E-state index in [2.05, 4.69) is 15.1 Å². The van der Waals surface area contributed by atoms with Crippen LogP contribution in [0.25, 0.3) is 0 Å². The third-order valence-corrected chi connectivity index (χ3v) is 4.18. The molecule has 0 saturated carbocycles. The Balaban J connectivity index is 1.80. The second-order valence-electron chi connectivity index (χ2n) is 5.32. The van der Waals surface area contributed by atoms with Gasteiger partial charge in [0.2, 0.25) is 0 Å². The molecule has 2 aromatic rings. The Labute approximate surface area is 128 Å². The number of nitrogens with two attached hydrogens (primary N) is 1. The van der Waals surface area contributed by atoms with Crippen molar-refractivity contribution in [1.29, 1.82) is 0 Å². The van der Waals surface area contributed by atoms with E-state index in [1.807, 2.05) is 24.3 Å². The van der Waals surface area contributed by atoms with E-state index in [4.69, 9.17) is 17.3 Å². The van der Waals surface area contributed by atoms with Crippen LogP contribution in [0.4, 0.5) is 0 Å². The molecule has 5 nitrogen and oxygen atoms in total. The van der Waals surface area contributed by atoms with Crippen LogP contribution in [0.3, 0.4) is 0 Å². The van der Waals surface area contributed by atoms with E-state index in [0.29, 0.717) is 5.56 Å². The zero-order valence-electron chi connectivity index (χ0n) is 11.6. The Morgan fingerprint density at radius 3 is 2.90 bits per heavy atom. The van der Waals surface area contributed by atoms with Gasteiger partial charge in [-0.1, -0.05) is 23.7 Å². The topological polar surface area (TPSA) is 75.0 Å². The number of nitrogens with zero attached hydrogens (tertiary/aromatic N) is 2. The van der Waals surface area contributed by atoms with Crippen molar-refractivity contribution in [1.82, 2.24) is 15.1 Å². The van der Waals surface area contributed by atoms with Crippen LogP contribution in [0.1, 0.15) is 40.5 Å². The zero-order valence-corrected chi connectivity index (χ0v) is 12.3. The van der Waals surface area contributed by atoms with Gasteiger partial charge in [0.15, 0.2) is 0 Å². The van der Waals surface area contributed by atoms with Crippen molar-refractivity contribution in [2.45, 2.75) is 25.4 Å². The predicted octanol–water partition coefficient (Wildman–Crippen LogP) is 2.50. The van der Waals surface area contributed by atoms with Crippen molar-refractivity contribution in [2.75, 3.05) is 6.54 Å². The molecule has 0 spiro atoms. The first kappa shape index (κ1) is 14.1. The second kappa shape index (κ2) is 5.87. The number of rotatable bonds is 4. The normalized spacial score (nSPS) is 19.0. The number of amides is 1. The van der Waals surface area contributed by atoms with Crippen LogP contribution < -0.4 is 5.73 Å². The minimum absolute atomic E-state index is 0.158. The van der Waals surface area contributed by atoms with Crippen LogP contribution in [0.15, 0.2) is 30.5 Å². The molecule has 21 heavy (non-hydrogen) atoms. The van der Waals surface area contributed by atoms with E-state index < -0.39 is 5.91 Å². The highest BCUT2D eigenvalue weighted by atomic mass is 35.5. The predicted molar refractivity (Wildman–Crippen MR) is 80.9 cm³/mol. The second-order valence-corrected chi connectivity index (χ2v) is 5.75. The maximum absolute atomic E-state index is 11.5. The third kappa shape index (κ3) is 2.94. The minimum atomic E-state index is -0.433. The van der Waals surface area contributed by atoms with Gasteiger partial charge in [0.25, 0.3) is 5.91 Å². The largest absolute Gasteiger partial charge is 0.365 e. The lowest BCUT2D eigenvalue weighted by Gasteiger charge is -2.24. The highest BCUT2D eigenvalue weighted by molar-refractivity contribution is 6.30. The Bertz CT molecular complexity index is 637. The maximum atomic E-state index is 11.5. The smallest absolute Gasteiger partial charge is 0.252 e. The van der Waals surface area contributed by atoms with Gasteiger partial charge in [-0.05, 0) is 37.1 Å². The number of halogens is 1. The standard InChI is InChI=1S/C15H17ClN4O/c16-11-5-3-10(4-6-11)9-20-7-1-2-13(20)14-12(15(17)21)8-18-19-14/h3-6,8,13H,1-2,7,9H2,(H2,17,21)(H,18,19)/t13-/m0/s1. The van der Waals surface area contributed by atoms with E-state index in [1.54, 1.807) is 0 Å². The highest BCUT2D eigenvalue weighted by Gasteiger charge is 2.30. The molecule has 1 aromatic heterocycles. The Morgan fingerprint density at radius 2 is 2.19 bits per heavy atom. The average Bonchev–Trinajstić information content (AvgIpc) is 3.09. The van der Waals surface area contributed by atoms with Gasteiger partial charge in [-0.25, -0.2) is 0 Å². The fourth-order valence-corrected chi connectivity index (χ4v) is 3.04. The van der Waals surface area contributed by atoms with Crippen molar-refractivity contribution in [2.24, 2.45) is 5.73 Å². The van der Waals surface area contributed by atoms with E-state index in [0.717, 1.165) is 36.6 Å². The number of benzene rings is 1. The molecule has 1 saturated heterocycles. The summed E-state index contributed by atoms with van der Waals surface area (Å²) in [6.07, 6.45) is 3.60. The van der Waals surface area contributed by atoms with Crippen molar-refractivity contribution in [3.05, 3.63) is 52.3 Å². The van der Waals surface area contributed by atoms with Gasteiger partial charge in [-0.3, -0.25) is 14.8 Å². The molecule has 0 radical (unpaired) electrons. The number of primary amides is 1. The fourth-order valence-electron chi connectivity index (χ4n) is 2.91. The summed E-state index contributed by atoms with van der Waals surface area (Å²) < 4.78 is 0. The SMILES string of the molecule is NC(=O)c1cn[nH]c1[C@@H]1CCCN1Cc1ccc(Cl)cc1. The van der Waals surface area contributed by atoms with E-state index in [1.165, 1.54) is 11.8 Å². The molecule has 3 rings (SSSR count).